The molecule has 0 N–H and O–H groups in total. The minimum absolute atomic E-state index is 0.233. The van der Waals surface area contributed by atoms with E-state index in [4.69, 9.17) is 9.69 Å². The summed E-state index contributed by atoms with van der Waals surface area (Å²) in [5, 5.41) is 8.94. The van der Waals surface area contributed by atoms with E-state index in [2.05, 4.69) is 52.1 Å². The van der Waals surface area contributed by atoms with Gasteiger partial charge in [0.2, 0.25) is 0 Å². The molecule has 0 atom stereocenters. The predicted octanol–water partition coefficient (Wildman–Crippen LogP) is 4.27. The Balaban J connectivity index is 2.70. The molecule has 18 heavy (non-hydrogen) atoms. The van der Waals surface area contributed by atoms with E-state index in [1.54, 1.807) is 0 Å². The van der Waals surface area contributed by atoms with Gasteiger partial charge < -0.3 is 4.43 Å². The number of rotatable bonds is 4. The van der Waals surface area contributed by atoms with Crippen molar-refractivity contribution in [2.24, 2.45) is 0 Å². The van der Waals surface area contributed by atoms with E-state index >= 15 is 0 Å². The van der Waals surface area contributed by atoms with Gasteiger partial charge in [-0.25, -0.2) is 0 Å². The summed E-state index contributed by atoms with van der Waals surface area (Å²) in [6.45, 7) is 11.9. The quantitative estimate of drug-likeness (QED) is 0.758. The van der Waals surface area contributed by atoms with Gasteiger partial charge in [0.05, 0.1) is 19.1 Å². The number of hydrogen-bond donors (Lipinski definition) is 0. The van der Waals surface area contributed by atoms with Crippen molar-refractivity contribution in [1.82, 2.24) is 0 Å². The van der Waals surface area contributed by atoms with Crippen molar-refractivity contribution >= 4 is 8.32 Å². The van der Waals surface area contributed by atoms with Crippen LogP contribution in [0.25, 0.3) is 0 Å². The zero-order chi connectivity index (χ0) is 13.8. The third-order valence-corrected chi connectivity index (χ3v) is 8.16. The van der Waals surface area contributed by atoms with E-state index < -0.39 is 8.32 Å². The van der Waals surface area contributed by atoms with Gasteiger partial charge in [0.25, 0.3) is 0 Å². The van der Waals surface area contributed by atoms with Gasteiger partial charge in [0.15, 0.2) is 8.32 Å². The average molecular weight is 261 g/mol. The lowest BCUT2D eigenvalue weighted by Crippen LogP contribution is -2.40. The molecule has 3 heteroatoms. The first-order chi connectivity index (χ1) is 8.26. The van der Waals surface area contributed by atoms with Gasteiger partial charge >= 0.3 is 0 Å². The van der Waals surface area contributed by atoms with Crippen LogP contribution in [-0.4, -0.2) is 8.32 Å². The molecule has 0 fully saturated rings. The van der Waals surface area contributed by atoms with Gasteiger partial charge in [-0.15, -0.1) is 0 Å². The number of nitrogens with zero attached hydrogens (tertiary/aromatic N) is 1. The molecule has 1 aromatic rings. The minimum Gasteiger partial charge on any atom is -0.413 e. The first-order valence-electron chi connectivity index (χ1n) is 6.35. The van der Waals surface area contributed by atoms with Gasteiger partial charge in [-0.2, -0.15) is 5.26 Å². The lowest BCUT2D eigenvalue weighted by atomic mass is 10.1. The van der Waals surface area contributed by atoms with Crippen molar-refractivity contribution in [3.05, 3.63) is 35.4 Å². The summed E-state index contributed by atoms with van der Waals surface area (Å²) in [6, 6.07) is 10.3. The lowest BCUT2D eigenvalue weighted by molar-refractivity contribution is 0.276. The molecular weight excluding hydrogens is 238 g/mol. The minimum atomic E-state index is -1.69. The van der Waals surface area contributed by atoms with Crippen LogP contribution in [0.15, 0.2) is 24.3 Å². The fourth-order valence-electron chi connectivity index (χ4n) is 1.40. The molecule has 0 aliphatic heterocycles. The second kappa shape index (κ2) is 5.68. The molecule has 0 bridgehead atoms. The first kappa shape index (κ1) is 14.9. The molecule has 0 aliphatic carbocycles. The van der Waals surface area contributed by atoms with Crippen LogP contribution in [0.4, 0.5) is 0 Å². The third kappa shape index (κ3) is 3.97. The van der Waals surface area contributed by atoms with Crippen LogP contribution in [0.5, 0.6) is 0 Å². The van der Waals surface area contributed by atoms with Gasteiger partial charge in [-0.1, -0.05) is 45.0 Å². The highest BCUT2D eigenvalue weighted by atomic mass is 28.4. The van der Waals surface area contributed by atoms with Crippen LogP contribution in [0.2, 0.25) is 18.1 Å². The molecule has 0 unspecified atom stereocenters. The van der Waals surface area contributed by atoms with Crippen LogP contribution in [0.1, 0.15) is 31.9 Å². The maximum atomic E-state index is 8.70. The summed E-state index contributed by atoms with van der Waals surface area (Å²) >= 11 is 0. The maximum absolute atomic E-state index is 8.70. The van der Waals surface area contributed by atoms with Gasteiger partial charge in [-0.3, -0.25) is 0 Å². The van der Waals surface area contributed by atoms with Crippen LogP contribution in [-0.2, 0) is 17.5 Å². The van der Waals surface area contributed by atoms with E-state index in [1.807, 2.05) is 12.1 Å². The highest BCUT2D eigenvalue weighted by Gasteiger charge is 2.36. The molecule has 0 radical (unpaired) electrons. The van der Waals surface area contributed by atoms with Crippen LogP contribution in [0.3, 0.4) is 0 Å². The number of nitriles is 1. The average Bonchev–Trinajstić information content (AvgIpc) is 2.26. The van der Waals surface area contributed by atoms with E-state index in [0.29, 0.717) is 13.0 Å². The second-order valence-corrected chi connectivity index (χ2v) is 11.0. The third-order valence-electron chi connectivity index (χ3n) is 3.68. The van der Waals surface area contributed by atoms with Gasteiger partial charge in [-0.05, 0) is 29.3 Å². The molecule has 0 amide bonds. The Hall–Kier alpha value is -1.11. The Morgan fingerprint density at radius 3 is 2.39 bits per heavy atom. The lowest BCUT2D eigenvalue weighted by Gasteiger charge is -2.36. The molecule has 0 aromatic heterocycles. The topological polar surface area (TPSA) is 33.0 Å². The molecule has 0 saturated heterocycles. The molecule has 0 heterocycles. The normalized spacial score (nSPS) is 12.2. The van der Waals surface area contributed by atoms with Crippen molar-refractivity contribution < 1.29 is 4.43 Å². The maximum Gasteiger partial charge on any atom is 0.192 e. The molecule has 1 aromatic carbocycles. The highest BCUT2D eigenvalue weighted by Crippen LogP contribution is 2.37. The summed E-state index contributed by atoms with van der Waals surface area (Å²) in [5.41, 5.74) is 2.22. The van der Waals surface area contributed by atoms with Crippen molar-refractivity contribution in [2.45, 2.75) is 51.9 Å². The van der Waals surface area contributed by atoms with Crippen molar-refractivity contribution in [1.29, 1.82) is 5.26 Å². The smallest absolute Gasteiger partial charge is 0.192 e. The largest absolute Gasteiger partial charge is 0.413 e. The van der Waals surface area contributed by atoms with Gasteiger partial charge in [0, 0.05) is 0 Å². The molecule has 98 valence electrons. The zero-order valence-electron chi connectivity index (χ0n) is 12.1. The summed E-state index contributed by atoms with van der Waals surface area (Å²) in [4.78, 5) is 0. The summed E-state index contributed by atoms with van der Waals surface area (Å²) in [6.07, 6.45) is 0.466. The SMILES string of the molecule is CC(C)(C)[Si](C)(C)OCc1cccc(CC#N)c1. The molecule has 1 rings (SSSR count). The summed E-state index contributed by atoms with van der Waals surface area (Å²) < 4.78 is 6.17. The fraction of sp³-hybridized carbons (Fsp3) is 0.533. The van der Waals surface area contributed by atoms with E-state index in [0.717, 1.165) is 11.1 Å². The predicted molar refractivity (Wildman–Crippen MR) is 77.7 cm³/mol. The molecular formula is C15H23NOSi. The number of benzene rings is 1. The number of hydrogen-bond acceptors (Lipinski definition) is 2. The highest BCUT2D eigenvalue weighted by molar-refractivity contribution is 6.74. The van der Waals surface area contributed by atoms with Gasteiger partial charge in [0.1, 0.15) is 0 Å². The van der Waals surface area contributed by atoms with Crippen LogP contribution >= 0.6 is 0 Å². The summed E-state index contributed by atoms with van der Waals surface area (Å²) in [5.74, 6) is 0. The van der Waals surface area contributed by atoms with E-state index in [1.165, 1.54) is 0 Å². The molecule has 0 saturated carbocycles. The first-order valence-corrected chi connectivity index (χ1v) is 9.26. The van der Waals surface area contributed by atoms with Crippen molar-refractivity contribution in [2.75, 3.05) is 0 Å². The zero-order valence-corrected chi connectivity index (χ0v) is 13.1. The second-order valence-electron chi connectivity index (χ2n) is 6.20. The Kier molecular flexibility index (Phi) is 4.72. The van der Waals surface area contributed by atoms with Crippen molar-refractivity contribution in [3.63, 3.8) is 0 Å². The molecule has 0 spiro atoms. The van der Waals surface area contributed by atoms with E-state index in [-0.39, 0.29) is 5.04 Å². The Labute approximate surface area is 112 Å². The fourth-order valence-corrected chi connectivity index (χ4v) is 2.36. The Bertz CT molecular complexity index is 441. The van der Waals surface area contributed by atoms with E-state index in [9.17, 15) is 0 Å². The van der Waals surface area contributed by atoms with Crippen LogP contribution in [0, 0.1) is 11.3 Å². The molecule has 0 aliphatic rings. The monoisotopic (exact) mass is 261 g/mol. The summed E-state index contributed by atoms with van der Waals surface area (Å²) in [7, 11) is -1.69. The van der Waals surface area contributed by atoms with Crippen LogP contribution < -0.4 is 0 Å². The standard InChI is InChI=1S/C15H23NOSi/c1-15(2,3)18(4,5)17-12-14-8-6-7-13(11-14)9-10-16/h6-8,11H,9,12H2,1-5H3. The molecule has 2 nitrogen and oxygen atoms in total. The Morgan fingerprint density at radius 2 is 1.83 bits per heavy atom. The van der Waals surface area contributed by atoms with Crippen molar-refractivity contribution in [3.8, 4) is 6.07 Å². The Morgan fingerprint density at radius 1 is 1.22 bits per heavy atom.